The average Bonchev–Trinajstić information content (AvgIpc) is 2.84. The molecule has 10 heteroatoms. The lowest BCUT2D eigenvalue weighted by Gasteiger charge is -2.23. The highest BCUT2D eigenvalue weighted by Gasteiger charge is 2.23. The lowest BCUT2D eigenvalue weighted by atomic mass is 10.2. The van der Waals surface area contributed by atoms with Crippen molar-refractivity contribution in [2.45, 2.75) is 72.0 Å². The summed E-state index contributed by atoms with van der Waals surface area (Å²) in [4.78, 5) is 51.6. The number of amides is 4. The van der Waals surface area contributed by atoms with Crippen LogP contribution in [0, 0.1) is 0 Å². The Morgan fingerprint density at radius 1 is 0.677 bits per heavy atom. The number of hydrogen-bond acceptors (Lipinski definition) is 6. The molecular weight excluding hydrogens is 404 g/mol. The molecule has 0 atom stereocenters. The van der Waals surface area contributed by atoms with E-state index in [0.29, 0.717) is 32.6 Å². The fourth-order valence-electron chi connectivity index (χ4n) is 2.90. The molecule has 0 aromatic rings. The first kappa shape index (κ1) is 26.5. The number of rotatable bonds is 6. The highest BCUT2D eigenvalue weighted by atomic mass is 16.6. The van der Waals surface area contributed by atoms with Crippen molar-refractivity contribution in [2.24, 2.45) is 0 Å². The highest BCUT2D eigenvalue weighted by molar-refractivity contribution is 5.79. The summed E-state index contributed by atoms with van der Waals surface area (Å²) < 4.78 is 10.3. The molecule has 0 spiro atoms. The number of nitrogens with zero attached hydrogens (tertiary/aromatic N) is 2. The molecule has 1 heterocycles. The van der Waals surface area contributed by atoms with Crippen LogP contribution >= 0.6 is 0 Å². The van der Waals surface area contributed by atoms with Crippen molar-refractivity contribution in [3.8, 4) is 0 Å². The molecule has 0 bridgehead atoms. The Bertz CT molecular complexity index is 585. The number of carbonyl (C=O) groups is 4. The van der Waals surface area contributed by atoms with Gasteiger partial charge in [0, 0.05) is 52.1 Å². The van der Waals surface area contributed by atoms with Gasteiger partial charge in [0.25, 0.3) is 0 Å². The van der Waals surface area contributed by atoms with E-state index in [1.54, 1.807) is 51.3 Å². The molecule has 1 saturated heterocycles. The van der Waals surface area contributed by atoms with E-state index in [9.17, 15) is 19.2 Å². The third-order valence-corrected chi connectivity index (χ3v) is 4.22. The molecule has 1 fully saturated rings. The molecule has 1 aliphatic heterocycles. The fraction of sp³-hybridized carbons (Fsp3) is 0.810. The second-order valence-corrected chi connectivity index (χ2v) is 9.47. The number of nitrogens with one attached hydrogen (secondary N) is 2. The molecule has 0 aliphatic carbocycles. The van der Waals surface area contributed by atoms with Gasteiger partial charge in [-0.3, -0.25) is 9.59 Å². The van der Waals surface area contributed by atoms with Gasteiger partial charge in [0.1, 0.15) is 11.2 Å². The first-order chi connectivity index (χ1) is 14.3. The van der Waals surface area contributed by atoms with Gasteiger partial charge in [-0.05, 0) is 48.0 Å². The van der Waals surface area contributed by atoms with Crippen molar-refractivity contribution in [3.05, 3.63) is 0 Å². The maximum Gasteiger partial charge on any atom is 0.407 e. The first-order valence-corrected chi connectivity index (χ1v) is 10.8. The van der Waals surface area contributed by atoms with Gasteiger partial charge in [0.05, 0.1) is 0 Å². The predicted molar refractivity (Wildman–Crippen MR) is 115 cm³/mol. The minimum Gasteiger partial charge on any atom is -0.444 e. The molecule has 0 aromatic heterocycles. The van der Waals surface area contributed by atoms with Crippen molar-refractivity contribution < 1.29 is 28.7 Å². The molecule has 0 unspecified atom stereocenters. The van der Waals surface area contributed by atoms with Crippen LogP contribution in [0.15, 0.2) is 0 Å². The second-order valence-electron chi connectivity index (χ2n) is 9.47. The molecular formula is C21H38N4O6. The summed E-state index contributed by atoms with van der Waals surface area (Å²) in [6.45, 7) is 13.0. The third kappa shape index (κ3) is 12.0. The largest absolute Gasteiger partial charge is 0.444 e. The Morgan fingerprint density at radius 3 is 1.35 bits per heavy atom. The molecule has 0 saturated carbocycles. The maximum atomic E-state index is 12.4. The summed E-state index contributed by atoms with van der Waals surface area (Å²) in [6.07, 6.45) is -0.0722. The fourth-order valence-corrected chi connectivity index (χ4v) is 2.90. The van der Waals surface area contributed by atoms with Crippen LogP contribution in [-0.4, -0.2) is 84.3 Å². The minimum absolute atomic E-state index is 0.0723. The monoisotopic (exact) mass is 442 g/mol. The Labute approximate surface area is 185 Å². The smallest absolute Gasteiger partial charge is 0.407 e. The van der Waals surface area contributed by atoms with Crippen molar-refractivity contribution >= 4 is 24.0 Å². The maximum absolute atomic E-state index is 12.4. The van der Waals surface area contributed by atoms with E-state index in [2.05, 4.69) is 10.6 Å². The molecule has 1 rings (SSSR count). The number of ether oxygens (including phenoxy) is 2. The van der Waals surface area contributed by atoms with E-state index in [1.165, 1.54) is 0 Å². The van der Waals surface area contributed by atoms with Crippen molar-refractivity contribution in [1.82, 2.24) is 20.4 Å². The summed E-state index contributed by atoms with van der Waals surface area (Å²) in [5.74, 6) is -0.145. The van der Waals surface area contributed by atoms with Gasteiger partial charge in [-0.25, -0.2) is 9.59 Å². The summed E-state index contributed by atoms with van der Waals surface area (Å²) >= 11 is 0. The van der Waals surface area contributed by atoms with E-state index < -0.39 is 23.4 Å². The summed E-state index contributed by atoms with van der Waals surface area (Å²) in [7, 11) is 0. The number of alkyl carbamates (subject to hydrolysis) is 2. The molecule has 2 N–H and O–H groups in total. The Hall–Kier alpha value is -2.52. The standard InChI is InChI=1S/C21H38N4O6/c1-20(2,3)30-18(28)22-10-8-16(26)24-12-7-13-25(15-14-24)17(27)9-11-23-19(29)31-21(4,5)6/h7-15H2,1-6H3,(H,22,28)(H,23,29). The van der Waals surface area contributed by atoms with Crippen LogP contribution in [0.25, 0.3) is 0 Å². The van der Waals surface area contributed by atoms with E-state index in [-0.39, 0.29) is 37.7 Å². The van der Waals surface area contributed by atoms with Crippen LogP contribution in [0.4, 0.5) is 9.59 Å². The molecule has 0 aromatic carbocycles. The second kappa shape index (κ2) is 11.8. The minimum atomic E-state index is -0.586. The summed E-state index contributed by atoms with van der Waals surface area (Å²) in [6, 6.07) is 0. The molecule has 1 aliphatic rings. The molecule has 178 valence electrons. The van der Waals surface area contributed by atoms with Gasteiger partial charge < -0.3 is 29.9 Å². The molecule has 4 amide bonds. The van der Waals surface area contributed by atoms with Gasteiger partial charge in [0.2, 0.25) is 11.8 Å². The number of carbonyl (C=O) groups excluding carboxylic acids is 4. The van der Waals surface area contributed by atoms with Crippen molar-refractivity contribution in [1.29, 1.82) is 0 Å². The van der Waals surface area contributed by atoms with Crippen LogP contribution in [0.5, 0.6) is 0 Å². The normalized spacial score (nSPS) is 15.0. The predicted octanol–water partition coefficient (Wildman–Crippen LogP) is 1.88. The zero-order valence-corrected chi connectivity index (χ0v) is 19.7. The quantitative estimate of drug-likeness (QED) is 0.649. The van der Waals surface area contributed by atoms with Crippen LogP contribution in [-0.2, 0) is 19.1 Å². The van der Waals surface area contributed by atoms with Crippen molar-refractivity contribution in [2.75, 3.05) is 39.3 Å². The summed E-state index contributed by atoms with van der Waals surface area (Å²) in [5, 5.41) is 5.16. The van der Waals surface area contributed by atoms with Gasteiger partial charge >= 0.3 is 12.2 Å². The average molecular weight is 443 g/mol. The highest BCUT2D eigenvalue weighted by Crippen LogP contribution is 2.09. The SMILES string of the molecule is CC(C)(C)OC(=O)NCCC(=O)N1CCCN(C(=O)CCNC(=O)OC(C)(C)C)CC1. The zero-order valence-electron chi connectivity index (χ0n) is 19.7. The van der Waals surface area contributed by atoms with Gasteiger partial charge in [-0.15, -0.1) is 0 Å². The van der Waals surface area contributed by atoms with E-state index in [0.717, 1.165) is 0 Å². The molecule has 0 radical (unpaired) electrons. The zero-order chi connectivity index (χ0) is 23.7. The Morgan fingerprint density at radius 2 is 1.03 bits per heavy atom. The Kier molecular flexibility index (Phi) is 10.1. The van der Waals surface area contributed by atoms with Crippen molar-refractivity contribution in [3.63, 3.8) is 0 Å². The molecule has 31 heavy (non-hydrogen) atoms. The van der Waals surface area contributed by atoms with Crippen LogP contribution < -0.4 is 10.6 Å². The van der Waals surface area contributed by atoms with Crippen LogP contribution in [0.2, 0.25) is 0 Å². The van der Waals surface area contributed by atoms with E-state index in [1.807, 2.05) is 0 Å². The third-order valence-electron chi connectivity index (χ3n) is 4.22. The van der Waals surface area contributed by atoms with E-state index >= 15 is 0 Å². The van der Waals surface area contributed by atoms with Gasteiger partial charge in [0.15, 0.2) is 0 Å². The number of hydrogen-bond donors (Lipinski definition) is 2. The lowest BCUT2D eigenvalue weighted by molar-refractivity contribution is -0.133. The lowest BCUT2D eigenvalue weighted by Crippen LogP contribution is -2.40. The van der Waals surface area contributed by atoms with E-state index in [4.69, 9.17) is 9.47 Å². The van der Waals surface area contributed by atoms with Crippen LogP contribution in [0.3, 0.4) is 0 Å². The topological polar surface area (TPSA) is 117 Å². The molecule has 10 nitrogen and oxygen atoms in total. The first-order valence-electron chi connectivity index (χ1n) is 10.8. The van der Waals surface area contributed by atoms with Gasteiger partial charge in [-0.2, -0.15) is 0 Å². The van der Waals surface area contributed by atoms with Crippen LogP contribution in [0.1, 0.15) is 60.8 Å². The summed E-state index contributed by atoms with van der Waals surface area (Å²) in [5.41, 5.74) is -1.17. The Balaban J connectivity index is 2.32. The van der Waals surface area contributed by atoms with Gasteiger partial charge in [-0.1, -0.05) is 0 Å².